The number of nitrogens with zero attached hydrogens (tertiary/aromatic N) is 2. The van der Waals surface area contributed by atoms with Crippen molar-refractivity contribution in [3.63, 3.8) is 0 Å². The summed E-state index contributed by atoms with van der Waals surface area (Å²) in [6.45, 7) is 8.28. The highest BCUT2D eigenvalue weighted by atomic mass is 16.5. The summed E-state index contributed by atoms with van der Waals surface area (Å²) in [5, 5.41) is 3.20. The summed E-state index contributed by atoms with van der Waals surface area (Å²) in [6.07, 6.45) is 0. The summed E-state index contributed by atoms with van der Waals surface area (Å²) < 4.78 is 7.14. The summed E-state index contributed by atoms with van der Waals surface area (Å²) in [5.41, 5.74) is 1.10. The lowest BCUT2D eigenvalue weighted by Gasteiger charge is -2.33. The maximum atomic E-state index is 11.9. The molecular formula is C13H23N3O2. The van der Waals surface area contributed by atoms with E-state index in [9.17, 15) is 4.79 Å². The first-order valence-corrected chi connectivity index (χ1v) is 6.09. The van der Waals surface area contributed by atoms with E-state index in [0.29, 0.717) is 6.54 Å². The molecule has 5 heteroatoms. The van der Waals surface area contributed by atoms with E-state index in [1.165, 1.54) is 0 Å². The Hall–Kier alpha value is -1.20. The number of hydrogen-bond acceptors (Lipinski definition) is 4. The number of hydrogen-bond donors (Lipinski definition) is 1. The monoisotopic (exact) mass is 253 g/mol. The number of methoxy groups -OCH3 is 1. The van der Waals surface area contributed by atoms with E-state index in [2.05, 4.69) is 10.3 Å². The van der Waals surface area contributed by atoms with Crippen LogP contribution < -0.4 is 11.0 Å². The van der Waals surface area contributed by atoms with Gasteiger partial charge in [0.2, 0.25) is 0 Å². The Morgan fingerprint density at radius 2 is 2.11 bits per heavy atom. The molecule has 0 aliphatic heterocycles. The largest absolute Gasteiger partial charge is 0.377 e. The molecule has 1 unspecified atom stereocenters. The van der Waals surface area contributed by atoms with Crippen LogP contribution in [0.3, 0.4) is 0 Å². The predicted molar refractivity (Wildman–Crippen MR) is 71.9 cm³/mol. The fourth-order valence-electron chi connectivity index (χ4n) is 1.98. The van der Waals surface area contributed by atoms with Gasteiger partial charge < -0.3 is 10.1 Å². The van der Waals surface area contributed by atoms with Gasteiger partial charge >= 0.3 is 5.69 Å². The quantitative estimate of drug-likeness (QED) is 0.846. The fourth-order valence-corrected chi connectivity index (χ4v) is 1.98. The minimum atomic E-state index is -0.356. The van der Waals surface area contributed by atoms with Crippen LogP contribution in [0.4, 0.5) is 0 Å². The van der Waals surface area contributed by atoms with Crippen molar-refractivity contribution in [1.82, 2.24) is 14.9 Å². The summed E-state index contributed by atoms with van der Waals surface area (Å²) in [5.74, 6) is 0. The third kappa shape index (κ3) is 3.17. The van der Waals surface area contributed by atoms with Gasteiger partial charge in [-0.15, -0.1) is 0 Å². The van der Waals surface area contributed by atoms with Gasteiger partial charge in [0.05, 0.1) is 11.6 Å². The molecule has 18 heavy (non-hydrogen) atoms. The van der Waals surface area contributed by atoms with Gasteiger partial charge in [0.1, 0.15) is 0 Å². The third-order valence-corrected chi connectivity index (χ3v) is 3.43. The zero-order chi connectivity index (χ0) is 13.9. The predicted octanol–water partition coefficient (Wildman–Crippen LogP) is 0.873. The second-order valence-electron chi connectivity index (χ2n) is 5.08. The van der Waals surface area contributed by atoms with Gasteiger partial charge in [0.25, 0.3) is 0 Å². The molecule has 0 aliphatic rings. The third-order valence-electron chi connectivity index (χ3n) is 3.43. The van der Waals surface area contributed by atoms with E-state index in [0.717, 1.165) is 11.4 Å². The molecule has 0 fully saturated rings. The lowest BCUT2D eigenvalue weighted by atomic mass is 9.98. The summed E-state index contributed by atoms with van der Waals surface area (Å²) in [4.78, 5) is 15.9. The molecule has 0 amide bonds. The van der Waals surface area contributed by atoms with Crippen molar-refractivity contribution in [1.29, 1.82) is 0 Å². The van der Waals surface area contributed by atoms with Crippen molar-refractivity contribution >= 4 is 0 Å². The van der Waals surface area contributed by atoms with Gasteiger partial charge in [0.15, 0.2) is 0 Å². The molecule has 102 valence electrons. The van der Waals surface area contributed by atoms with Crippen LogP contribution in [0.1, 0.15) is 25.2 Å². The van der Waals surface area contributed by atoms with Crippen LogP contribution in [0.2, 0.25) is 0 Å². The fraction of sp³-hybridized carbons (Fsp3) is 0.692. The average Bonchev–Trinajstić information content (AvgIpc) is 2.27. The standard InChI is InChI=1S/C13H23N3O2/c1-9-7-10(2)16(12(17)15-9)8-11(14-5)13(3,4)18-6/h7,11,14H,8H2,1-6H3. The van der Waals surface area contributed by atoms with Crippen LogP contribution in [0.5, 0.6) is 0 Å². The minimum Gasteiger partial charge on any atom is -0.377 e. The zero-order valence-corrected chi connectivity index (χ0v) is 12.1. The van der Waals surface area contributed by atoms with Crippen LogP contribution >= 0.6 is 0 Å². The molecule has 0 aliphatic carbocycles. The van der Waals surface area contributed by atoms with E-state index in [1.54, 1.807) is 11.7 Å². The Kier molecular flexibility index (Phi) is 4.65. The van der Waals surface area contributed by atoms with Gasteiger partial charge in [-0.2, -0.15) is 4.98 Å². The molecule has 0 bridgehead atoms. The molecule has 1 N–H and O–H groups in total. The Morgan fingerprint density at radius 1 is 1.50 bits per heavy atom. The molecule has 0 saturated carbocycles. The number of likely N-dealkylation sites (N-methyl/N-ethyl adjacent to an activating group) is 1. The number of aryl methyl sites for hydroxylation is 2. The topological polar surface area (TPSA) is 56.2 Å². The lowest BCUT2D eigenvalue weighted by Crippen LogP contribution is -2.50. The maximum absolute atomic E-state index is 11.9. The number of nitrogens with one attached hydrogen (secondary N) is 1. The highest BCUT2D eigenvalue weighted by Crippen LogP contribution is 2.15. The van der Waals surface area contributed by atoms with E-state index in [1.807, 2.05) is 40.8 Å². The molecular weight excluding hydrogens is 230 g/mol. The molecule has 5 nitrogen and oxygen atoms in total. The van der Waals surface area contributed by atoms with E-state index >= 15 is 0 Å². The van der Waals surface area contributed by atoms with Crippen molar-refractivity contribution < 1.29 is 4.74 Å². The molecule has 1 aromatic heterocycles. The SMILES string of the molecule is CNC(Cn1c(C)cc(C)nc1=O)C(C)(C)OC. The van der Waals surface area contributed by atoms with Gasteiger partial charge in [0, 0.05) is 25.0 Å². The molecule has 1 rings (SSSR count). The van der Waals surface area contributed by atoms with Gasteiger partial charge in [-0.05, 0) is 40.8 Å². The maximum Gasteiger partial charge on any atom is 0.348 e. The van der Waals surface area contributed by atoms with Gasteiger partial charge in [-0.3, -0.25) is 4.57 Å². The van der Waals surface area contributed by atoms with Crippen molar-refractivity contribution in [2.75, 3.05) is 14.2 Å². The normalized spacial score (nSPS) is 13.7. The molecule has 1 heterocycles. The molecule has 0 radical (unpaired) electrons. The van der Waals surface area contributed by atoms with Crippen LogP contribution in [0.25, 0.3) is 0 Å². The Labute approximate surface area is 108 Å². The van der Waals surface area contributed by atoms with E-state index < -0.39 is 0 Å². The summed E-state index contributed by atoms with van der Waals surface area (Å²) >= 11 is 0. The average molecular weight is 253 g/mol. The Morgan fingerprint density at radius 3 is 2.56 bits per heavy atom. The smallest absolute Gasteiger partial charge is 0.348 e. The van der Waals surface area contributed by atoms with Crippen molar-refractivity contribution in [2.45, 2.75) is 45.9 Å². The van der Waals surface area contributed by atoms with E-state index in [-0.39, 0.29) is 17.3 Å². The first-order chi connectivity index (χ1) is 8.31. The van der Waals surface area contributed by atoms with Crippen LogP contribution in [0.15, 0.2) is 10.9 Å². The molecule has 1 atom stereocenters. The summed E-state index contributed by atoms with van der Waals surface area (Å²) in [7, 11) is 3.54. The lowest BCUT2D eigenvalue weighted by molar-refractivity contribution is -0.0132. The highest BCUT2D eigenvalue weighted by molar-refractivity contribution is 5.07. The minimum absolute atomic E-state index is 0.0309. The Bertz CT molecular complexity index is 466. The highest BCUT2D eigenvalue weighted by Gasteiger charge is 2.28. The number of rotatable bonds is 5. The second kappa shape index (κ2) is 5.63. The number of aromatic nitrogens is 2. The van der Waals surface area contributed by atoms with Crippen LogP contribution in [-0.2, 0) is 11.3 Å². The van der Waals surface area contributed by atoms with Crippen molar-refractivity contribution in [3.8, 4) is 0 Å². The van der Waals surface area contributed by atoms with Crippen molar-refractivity contribution in [3.05, 3.63) is 27.9 Å². The van der Waals surface area contributed by atoms with E-state index in [4.69, 9.17) is 4.74 Å². The number of ether oxygens (including phenoxy) is 1. The van der Waals surface area contributed by atoms with Crippen molar-refractivity contribution in [2.24, 2.45) is 0 Å². The molecule has 1 aromatic rings. The van der Waals surface area contributed by atoms with Gasteiger partial charge in [-0.1, -0.05) is 0 Å². The van der Waals surface area contributed by atoms with Crippen LogP contribution in [0, 0.1) is 13.8 Å². The Balaban J connectivity index is 3.07. The van der Waals surface area contributed by atoms with Crippen LogP contribution in [-0.4, -0.2) is 35.4 Å². The summed E-state index contributed by atoms with van der Waals surface area (Å²) in [6, 6.07) is 1.94. The molecule has 0 saturated heterocycles. The molecule has 0 spiro atoms. The van der Waals surface area contributed by atoms with Gasteiger partial charge in [-0.25, -0.2) is 4.79 Å². The molecule has 0 aromatic carbocycles. The second-order valence-corrected chi connectivity index (χ2v) is 5.08. The first-order valence-electron chi connectivity index (χ1n) is 6.09. The zero-order valence-electron chi connectivity index (χ0n) is 12.1. The first kappa shape index (κ1) is 14.9.